The summed E-state index contributed by atoms with van der Waals surface area (Å²) >= 11 is 0. The second kappa shape index (κ2) is 4.87. The van der Waals surface area contributed by atoms with Crippen molar-refractivity contribution in [3.05, 3.63) is 35.8 Å². The molecule has 0 atom stereocenters. The summed E-state index contributed by atoms with van der Waals surface area (Å²) < 4.78 is 0. The van der Waals surface area contributed by atoms with Crippen LogP contribution in [0.25, 0.3) is 0 Å². The van der Waals surface area contributed by atoms with Gasteiger partial charge < -0.3 is 5.32 Å². The molecule has 2 aliphatic rings. The number of nitrogens with one attached hydrogen (secondary N) is 3. The lowest BCUT2D eigenvalue weighted by atomic mass is 10.2. The molecule has 2 saturated carbocycles. The van der Waals surface area contributed by atoms with E-state index in [2.05, 4.69) is 25.8 Å². The maximum atomic E-state index is 12.0. The van der Waals surface area contributed by atoms with Gasteiger partial charge in [0, 0.05) is 12.1 Å². The Kier molecular flexibility index (Phi) is 2.87. The average molecular weight is 283 g/mol. The van der Waals surface area contributed by atoms with Gasteiger partial charge in [0.05, 0.1) is 17.6 Å². The van der Waals surface area contributed by atoms with Crippen LogP contribution in [-0.2, 0) is 0 Å². The van der Waals surface area contributed by atoms with Crippen molar-refractivity contribution in [2.75, 3.05) is 10.6 Å². The number of carbonyl (C=O) groups is 1. The Morgan fingerprint density at radius 1 is 1.10 bits per heavy atom. The molecule has 2 heterocycles. The summed E-state index contributed by atoms with van der Waals surface area (Å²) in [6, 6.07) is 3.60. The second-order valence-electron chi connectivity index (χ2n) is 5.80. The number of H-pyrrole nitrogens is 1. The standard InChI is InChI=1S/C15H17N5O/c21-15(18-12-8-17-20-14(12)10-3-4-10)19-13-6-5-11(7-16-13)9-1-2-9/h5-10H,1-4H2,(H,17,20)(H2,16,18,19,21). The fourth-order valence-electron chi connectivity index (χ4n) is 2.49. The maximum Gasteiger partial charge on any atom is 0.324 e. The number of amides is 2. The second-order valence-corrected chi connectivity index (χ2v) is 5.80. The molecule has 0 unspecified atom stereocenters. The van der Waals surface area contributed by atoms with Crippen molar-refractivity contribution in [3.63, 3.8) is 0 Å². The SMILES string of the molecule is O=C(Nc1ccc(C2CC2)cn1)Nc1cn[nH]c1C1CC1. The Labute approximate surface area is 122 Å². The summed E-state index contributed by atoms with van der Waals surface area (Å²) in [5, 5.41) is 12.5. The first-order valence-electron chi connectivity index (χ1n) is 7.37. The van der Waals surface area contributed by atoms with E-state index in [1.165, 1.54) is 18.4 Å². The molecule has 0 aromatic carbocycles. The molecule has 2 aromatic heterocycles. The van der Waals surface area contributed by atoms with E-state index in [1.807, 2.05) is 18.3 Å². The molecule has 2 aliphatic carbocycles. The summed E-state index contributed by atoms with van der Waals surface area (Å²) in [5.41, 5.74) is 3.03. The summed E-state index contributed by atoms with van der Waals surface area (Å²) in [5.74, 6) is 1.75. The Hall–Kier alpha value is -2.37. The number of nitrogens with zero attached hydrogens (tertiary/aromatic N) is 2. The van der Waals surface area contributed by atoms with Gasteiger partial charge in [0.25, 0.3) is 0 Å². The number of rotatable bonds is 4. The zero-order valence-corrected chi connectivity index (χ0v) is 11.6. The lowest BCUT2D eigenvalue weighted by molar-refractivity contribution is 0.262. The van der Waals surface area contributed by atoms with Gasteiger partial charge in [-0.05, 0) is 43.2 Å². The van der Waals surface area contributed by atoms with Gasteiger partial charge in [-0.15, -0.1) is 0 Å². The fraction of sp³-hybridized carbons (Fsp3) is 0.400. The van der Waals surface area contributed by atoms with E-state index in [-0.39, 0.29) is 6.03 Å². The van der Waals surface area contributed by atoms with E-state index in [1.54, 1.807) is 6.20 Å². The lowest BCUT2D eigenvalue weighted by Crippen LogP contribution is -2.20. The molecule has 6 nitrogen and oxygen atoms in total. The van der Waals surface area contributed by atoms with Crippen molar-refractivity contribution in [2.45, 2.75) is 37.5 Å². The summed E-state index contributed by atoms with van der Waals surface area (Å²) in [4.78, 5) is 16.3. The predicted molar refractivity (Wildman–Crippen MR) is 79.4 cm³/mol. The first-order valence-corrected chi connectivity index (χ1v) is 7.37. The van der Waals surface area contributed by atoms with Crippen molar-refractivity contribution >= 4 is 17.5 Å². The van der Waals surface area contributed by atoms with Crippen LogP contribution in [0, 0.1) is 0 Å². The summed E-state index contributed by atoms with van der Waals surface area (Å²) in [6.07, 6.45) is 8.31. The fourth-order valence-corrected chi connectivity index (χ4v) is 2.49. The monoisotopic (exact) mass is 283 g/mol. The van der Waals surface area contributed by atoms with Gasteiger partial charge >= 0.3 is 6.03 Å². The van der Waals surface area contributed by atoms with E-state index >= 15 is 0 Å². The minimum Gasteiger partial charge on any atom is -0.305 e. The molecular formula is C15H17N5O. The van der Waals surface area contributed by atoms with Gasteiger partial charge in [0.2, 0.25) is 0 Å². The van der Waals surface area contributed by atoms with Crippen LogP contribution in [0.2, 0.25) is 0 Å². The Morgan fingerprint density at radius 2 is 1.90 bits per heavy atom. The zero-order chi connectivity index (χ0) is 14.2. The minimum absolute atomic E-state index is 0.287. The first-order chi connectivity index (χ1) is 10.3. The molecule has 21 heavy (non-hydrogen) atoms. The third-order valence-electron chi connectivity index (χ3n) is 3.98. The van der Waals surface area contributed by atoms with Gasteiger partial charge in [0.15, 0.2) is 0 Å². The molecule has 0 spiro atoms. The van der Waals surface area contributed by atoms with Crippen molar-refractivity contribution in [2.24, 2.45) is 0 Å². The molecule has 6 heteroatoms. The highest BCUT2D eigenvalue weighted by atomic mass is 16.2. The molecule has 0 saturated heterocycles. The van der Waals surface area contributed by atoms with E-state index in [9.17, 15) is 4.79 Å². The number of aromatic amines is 1. The quantitative estimate of drug-likeness (QED) is 0.805. The van der Waals surface area contributed by atoms with Crippen molar-refractivity contribution in [3.8, 4) is 0 Å². The minimum atomic E-state index is -0.287. The highest BCUT2D eigenvalue weighted by Crippen LogP contribution is 2.42. The third kappa shape index (κ3) is 2.74. The number of anilines is 2. The molecule has 2 fully saturated rings. The zero-order valence-electron chi connectivity index (χ0n) is 11.6. The van der Waals surface area contributed by atoms with Crippen LogP contribution in [0.1, 0.15) is 48.8 Å². The molecule has 4 rings (SSSR count). The van der Waals surface area contributed by atoms with Gasteiger partial charge in [-0.3, -0.25) is 10.4 Å². The number of pyridine rings is 1. The van der Waals surface area contributed by atoms with Crippen LogP contribution < -0.4 is 10.6 Å². The van der Waals surface area contributed by atoms with E-state index < -0.39 is 0 Å². The van der Waals surface area contributed by atoms with Gasteiger partial charge in [-0.2, -0.15) is 5.10 Å². The van der Waals surface area contributed by atoms with Gasteiger partial charge in [-0.1, -0.05) is 6.07 Å². The van der Waals surface area contributed by atoms with Crippen molar-refractivity contribution in [1.82, 2.24) is 15.2 Å². The Balaban J connectivity index is 1.39. The third-order valence-corrected chi connectivity index (χ3v) is 3.98. The topological polar surface area (TPSA) is 82.7 Å². The molecule has 0 bridgehead atoms. The molecule has 0 aliphatic heterocycles. The van der Waals surface area contributed by atoms with Crippen LogP contribution in [0.15, 0.2) is 24.5 Å². The normalized spacial score (nSPS) is 17.5. The van der Waals surface area contributed by atoms with Crippen LogP contribution in [-0.4, -0.2) is 21.2 Å². The molecule has 108 valence electrons. The number of hydrogen-bond donors (Lipinski definition) is 3. The van der Waals surface area contributed by atoms with Crippen molar-refractivity contribution < 1.29 is 4.79 Å². The number of hydrogen-bond acceptors (Lipinski definition) is 3. The van der Waals surface area contributed by atoms with Crippen molar-refractivity contribution in [1.29, 1.82) is 0 Å². The number of carbonyl (C=O) groups excluding carboxylic acids is 1. The molecule has 2 amide bonds. The lowest BCUT2D eigenvalue weighted by Gasteiger charge is -2.07. The van der Waals surface area contributed by atoms with E-state index in [0.29, 0.717) is 17.7 Å². The highest BCUT2D eigenvalue weighted by Gasteiger charge is 2.28. The molecular weight excluding hydrogens is 266 g/mol. The van der Waals surface area contributed by atoms with Crippen LogP contribution in [0.3, 0.4) is 0 Å². The molecule has 0 radical (unpaired) electrons. The molecule has 2 aromatic rings. The summed E-state index contributed by atoms with van der Waals surface area (Å²) in [7, 11) is 0. The Morgan fingerprint density at radius 3 is 2.57 bits per heavy atom. The maximum absolute atomic E-state index is 12.0. The van der Waals surface area contributed by atoms with Crippen LogP contribution in [0.5, 0.6) is 0 Å². The number of urea groups is 1. The van der Waals surface area contributed by atoms with E-state index in [0.717, 1.165) is 24.2 Å². The number of aromatic nitrogens is 3. The van der Waals surface area contributed by atoms with E-state index in [4.69, 9.17) is 0 Å². The predicted octanol–water partition coefficient (Wildman–Crippen LogP) is 3.20. The first kappa shape index (κ1) is 12.4. The Bertz CT molecular complexity index is 655. The highest BCUT2D eigenvalue weighted by molar-refractivity contribution is 5.99. The smallest absolute Gasteiger partial charge is 0.305 e. The van der Waals surface area contributed by atoms with Gasteiger partial charge in [-0.25, -0.2) is 9.78 Å². The largest absolute Gasteiger partial charge is 0.324 e. The van der Waals surface area contributed by atoms with Crippen LogP contribution >= 0.6 is 0 Å². The average Bonchev–Trinajstić information content (AvgIpc) is 3.39. The molecule has 3 N–H and O–H groups in total. The summed E-state index contributed by atoms with van der Waals surface area (Å²) in [6.45, 7) is 0. The van der Waals surface area contributed by atoms with Gasteiger partial charge in [0.1, 0.15) is 5.82 Å². The van der Waals surface area contributed by atoms with Crippen LogP contribution in [0.4, 0.5) is 16.3 Å².